The van der Waals surface area contributed by atoms with E-state index in [4.69, 9.17) is 0 Å². The van der Waals surface area contributed by atoms with Crippen LogP contribution >= 0.6 is 0 Å². The second-order valence-corrected chi connectivity index (χ2v) is 3.46. The van der Waals surface area contributed by atoms with E-state index in [1.165, 1.54) is 0 Å². The van der Waals surface area contributed by atoms with Crippen molar-refractivity contribution in [2.24, 2.45) is 0 Å². The molecule has 2 atom stereocenters. The molecule has 1 aromatic rings. The van der Waals surface area contributed by atoms with Crippen LogP contribution in [0.15, 0.2) is 24.3 Å². The lowest BCUT2D eigenvalue weighted by Gasteiger charge is -2.25. The van der Waals surface area contributed by atoms with Crippen molar-refractivity contribution >= 4 is 6.29 Å². The van der Waals surface area contributed by atoms with Crippen molar-refractivity contribution in [1.29, 1.82) is 0 Å². The van der Waals surface area contributed by atoms with E-state index in [1.54, 1.807) is 0 Å². The van der Waals surface area contributed by atoms with E-state index >= 15 is 0 Å². The van der Waals surface area contributed by atoms with Crippen molar-refractivity contribution in [3.63, 3.8) is 0 Å². The highest BCUT2D eigenvalue weighted by Crippen LogP contribution is 2.35. The molecule has 0 bridgehead atoms. The predicted molar refractivity (Wildman–Crippen MR) is 49.4 cm³/mol. The molecule has 0 heterocycles. The number of aldehydes is 1. The first kappa shape index (κ1) is 8.45. The second-order valence-electron chi connectivity index (χ2n) is 3.46. The van der Waals surface area contributed by atoms with Gasteiger partial charge in [-0.15, -0.1) is 0 Å². The van der Waals surface area contributed by atoms with Crippen LogP contribution in [0.2, 0.25) is 0 Å². The lowest BCUT2D eigenvalue weighted by Crippen LogP contribution is -2.14. The minimum Gasteiger partial charge on any atom is -0.388 e. The summed E-state index contributed by atoms with van der Waals surface area (Å²) in [6, 6.07) is 7.63. The SMILES string of the molecule is O=C[C@H]1CC[C@@H](O)c2ccccc21. The highest BCUT2D eigenvalue weighted by Gasteiger charge is 2.24. The van der Waals surface area contributed by atoms with Crippen molar-refractivity contribution in [2.75, 3.05) is 0 Å². The highest BCUT2D eigenvalue weighted by atomic mass is 16.3. The molecule has 0 saturated carbocycles. The van der Waals surface area contributed by atoms with Crippen LogP contribution in [0.4, 0.5) is 0 Å². The molecule has 0 radical (unpaired) electrons. The molecule has 1 aliphatic carbocycles. The zero-order chi connectivity index (χ0) is 9.26. The number of aliphatic hydroxyl groups is 1. The number of fused-ring (bicyclic) bond motifs is 1. The molecule has 0 saturated heterocycles. The molecule has 13 heavy (non-hydrogen) atoms. The Labute approximate surface area is 77.2 Å². The summed E-state index contributed by atoms with van der Waals surface area (Å²) in [5.41, 5.74) is 1.92. The summed E-state index contributed by atoms with van der Waals surface area (Å²) in [6.45, 7) is 0. The van der Waals surface area contributed by atoms with Crippen LogP contribution in [0.1, 0.15) is 36.0 Å². The fourth-order valence-electron chi connectivity index (χ4n) is 1.94. The molecule has 0 spiro atoms. The summed E-state index contributed by atoms with van der Waals surface area (Å²) < 4.78 is 0. The van der Waals surface area contributed by atoms with E-state index in [0.717, 1.165) is 23.8 Å². The first-order chi connectivity index (χ1) is 6.33. The van der Waals surface area contributed by atoms with Gasteiger partial charge in [-0.2, -0.15) is 0 Å². The van der Waals surface area contributed by atoms with E-state index in [0.29, 0.717) is 6.42 Å². The van der Waals surface area contributed by atoms with Crippen molar-refractivity contribution in [3.8, 4) is 0 Å². The van der Waals surface area contributed by atoms with Gasteiger partial charge in [0, 0.05) is 5.92 Å². The number of carbonyl (C=O) groups excluding carboxylic acids is 1. The maximum absolute atomic E-state index is 10.7. The normalized spacial score (nSPS) is 26.5. The Bertz CT molecular complexity index is 320. The Morgan fingerprint density at radius 3 is 2.62 bits per heavy atom. The van der Waals surface area contributed by atoms with Crippen molar-refractivity contribution in [2.45, 2.75) is 24.9 Å². The van der Waals surface area contributed by atoms with Gasteiger partial charge in [-0.1, -0.05) is 24.3 Å². The fourth-order valence-corrected chi connectivity index (χ4v) is 1.94. The smallest absolute Gasteiger partial charge is 0.127 e. The predicted octanol–water partition coefficient (Wildman–Crippen LogP) is 1.80. The molecule has 0 aliphatic heterocycles. The molecule has 2 heteroatoms. The molecule has 1 aliphatic rings. The number of carbonyl (C=O) groups is 1. The topological polar surface area (TPSA) is 37.3 Å². The van der Waals surface area contributed by atoms with Gasteiger partial charge in [0.1, 0.15) is 6.29 Å². The molecule has 0 unspecified atom stereocenters. The van der Waals surface area contributed by atoms with Crippen molar-refractivity contribution < 1.29 is 9.90 Å². The van der Waals surface area contributed by atoms with Crippen LogP contribution in [-0.2, 0) is 4.79 Å². The molecule has 0 fully saturated rings. The number of hydrogen-bond acceptors (Lipinski definition) is 2. The van der Waals surface area contributed by atoms with E-state index in [-0.39, 0.29) is 12.0 Å². The molecule has 0 aromatic heterocycles. The quantitative estimate of drug-likeness (QED) is 0.662. The lowest BCUT2D eigenvalue weighted by molar-refractivity contribution is -0.109. The third kappa shape index (κ3) is 1.38. The molecule has 1 aromatic carbocycles. The number of hydrogen-bond donors (Lipinski definition) is 1. The van der Waals surface area contributed by atoms with Crippen LogP contribution < -0.4 is 0 Å². The Balaban J connectivity index is 2.47. The Morgan fingerprint density at radius 2 is 1.92 bits per heavy atom. The summed E-state index contributed by atoms with van der Waals surface area (Å²) in [4.78, 5) is 10.7. The second kappa shape index (κ2) is 3.30. The summed E-state index contributed by atoms with van der Waals surface area (Å²) in [7, 11) is 0. The van der Waals surface area contributed by atoms with Crippen molar-refractivity contribution in [3.05, 3.63) is 35.4 Å². The average molecular weight is 176 g/mol. The maximum atomic E-state index is 10.7. The van der Waals surface area contributed by atoms with E-state index in [1.807, 2.05) is 24.3 Å². The summed E-state index contributed by atoms with van der Waals surface area (Å²) in [5.74, 6) is -0.0143. The van der Waals surface area contributed by atoms with Gasteiger partial charge in [-0.3, -0.25) is 0 Å². The number of rotatable bonds is 1. The third-order valence-corrected chi connectivity index (χ3v) is 2.67. The maximum Gasteiger partial charge on any atom is 0.127 e. The Kier molecular flexibility index (Phi) is 2.15. The molecule has 1 N–H and O–H groups in total. The van der Waals surface area contributed by atoms with Gasteiger partial charge in [0.05, 0.1) is 6.10 Å². The standard InChI is InChI=1S/C11H12O2/c12-7-8-5-6-11(13)10-4-2-1-3-9(8)10/h1-4,7-8,11,13H,5-6H2/t8-,11-/m1/s1. The fraction of sp³-hybridized carbons (Fsp3) is 0.364. The van der Waals surface area contributed by atoms with Gasteiger partial charge < -0.3 is 9.90 Å². The van der Waals surface area contributed by atoms with Gasteiger partial charge in [-0.05, 0) is 24.0 Å². The molecule has 2 rings (SSSR count). The van der Waals surface area contributed by atoms with Gasteiger partial charge in [0.15, 0.2) is 0 Å². The minimum atomic E-state index is -0.382. The third-order valence-electron chi connectivity index (χ3n) is 2.67. The molecule has 68 valence electrons. The molecule has 0 amide bonds. The number of benzene rings is 1. The van der Waals surface area contributed by atoms with Gasteiger partial charge in [-0.25, -0.2) is 0 Å². The van der Waals surface area contributed by atoms with Gasteiger partial charge in [0.2, 0.25) is 0 Å². The van der Waals surface area contributed by atoms with Gasteiger partial charge in [0.25, 0.3) is 0 Å². The van der Waals surface area contributed by atoms with Gasteiger partial charge >= 0.3 is 0 Å². The number of aliphatic hydroxyl groups excluding tert-OH is 1. The monoisotopic (exact) mass is 176 g/mol. The van der Waals surface area contributed by atoms with Crippen LogP contribution in [0.5, 0.6) is 0 Å². The van der Waals surface area contributed by atoms with Crippen LogP contribution in [-0.4, -0.2) is 11.4 Å². The zero-order valence-electron chi connectivity index (χ0n) is 7.31. The van der Waals surface area contributed by atoms with Crippen LogP contribution in [0.25, 0.3) is 0 Å². The highest BCUT2D eigenvalue weighted by molar-refractivity contribution is 5.64. The van der Waals surface area contributed by atoms with E-state index in [9.17, 15) is 9.90 Å². The Hall–Kier alpha value is -1.15. The van der Waals surface area contributed by atoms with Crippen LogP contribution in [0, 0.1) is 0 Å². The van der Waals surface area contributed by atoms with E-state index < -0.39 is 0 Å². The largest absolute Gasteiger partial charge is 0.388 e. The average Bonchev–Trinajstić information content (AvgIpc) is 2.19. The summed E-state index contributed by atoms with van der Waals surface area (Å²) >= 11 is 0. The van der Waals surface area contributed by atoms with E-state index in [2.05, 4.69) is 0 Å². The first-order valence-electron chi connectivity index (χ1n) is 4.55. The summed E-state index contributed by atoms with van der Waals surface area (Å²) in [5, 5.41) is 9.66. The van der Waals surface area contributed by atoms with Crippen molar-refractivity contribution in [1.82, 2.24) is 0 Å². The van der Waals surface area contributed by atoms with Crippen LogP contribution in [0.3, 0.4) is 0 Å². The summed E-state index contributed by atoms with van der Waals surface area (Å²) in [6.07, 6.45) is 2.06. The molecular weight excluding hydrogens is 164 g/mol. The molecular formula is C11H12O2. The first-order valence-corrected chi connectivity index (χ1v) is 4.55. The zero-order valence-corrected chi connectivity index (χ0v) is 7.31. The lowest BCUT2D eigenvalue weighted by atomic mass is 9.82. The Morgan fingerprint density at radius 1 is 1.23 bits per heavy atom. The minimum absolute atomic E-state index is 0.0143. The molecule has 2 nitrogen and oxygen atoms in total.